The van der Waals surface area contributed by atoms with E-state index in [0.717, 1.165) is 18.7 Å². The number of aryl methyl sites for hydroxylation is 1. The fourth-order valence-electron chi connectivity index (χ4n) is 2.01. The first-order chi connectivity index (χ1) is 11.1. The molecule has 0 aliphatic carbocycles. The van der Waals surface area contributed by atoms with Gasteiger partial charge in [0.25, 0.3) is 5.91 Å². The summed E-state index contributed by atoms with van der Waals surface area (Å²) in [5, 5.41) is 14.4. The van der Waals surface area contributed by atoms with Gasteiger partial charge in [0.15, 0.2) is 5.69 Å². The van der Waals surface area contributed by atoms with E-state index in [1.165, 1.54) is 12.1 Å². The van der Waals surface area contributed by atoms with Crippen molar-refractivity contribution < 1.29 is 27.9 Å². The van der Waals surface area contributed by atoms with E-state index in [1.807, 2.05) is 5.32 Å². The van der Waals surface area contributed by atoms with Gasteiger partial charge in [0.2, 0.25) is 0 Å². The van der Waals surface area contributed by atoms with E-state index < -0.39 is 35.4 Å². The monoisotopic (exact) mass is 341 g/mol. The molecule has 0 saturated carbocycles. The summed E-state index contributed by atoms with van der Waals surface area (Å²) in [5.41, 5.74) is -1.01. The Hall–Kier alpha value is -2.84. The maximum absolute atomic E-state index is 13.4. The van der Waals surface area contributed by atoms with E-state index in [0.29, 0.717) is 4.68 Å². The van der Waals surface area contributed by atoms with Gasteiger partial charge in [-0.25, -0.2) is 4.68 Å². The summed E-state index contributed by atoms with van der Waals surface area (Å²) in [6, 6.07) is 4.78. The van der Waals surface area contributed by atoms with Gasteiger partial charge in [-0.2, -0.15) is 18.3 Å². The Balaban J connectivity index is 2.49. The fraction of sp³-hybridized carbons (Fsp3) is 0.267. The molecule has 1 amide bonds. The molecule has 0 radical (unpaired) electrons. The number of halogens is 3. The quantitative estimate of drug-likeness (QED) is 0.894. The van der Waals surface area contributed by atoms with Crippen molar-refractivity contribution in [3.05, 3.63) is 47.3 Å². The molecule has 9 heteroatoms. The number of carbonyl (C=O) groups is 2. The molecule has 6 nitrogen and oxygen atoms in total. The number of hydrogen-bond donors (Lipinski definition) is 2. The third-order valence-electron chi connectivity index (χ3n) is 3.28. The number of carboxylic acid groups (broad SMARTS) is 1. The van der Waals surface area contributed by atoms with Crippen LogP contribution in [-0.4, -0.2) is 32.8 Å². The van der Waals surface area contributed by atoms with Crippen molar-refractivity contribution in [3.8, 4) is 5.69 Å². The van der Waals surface area contributed by atoms with Gasteiger partial charge < -0.3 is 10.4 Å². The normalized spacial score (nSPS) is 12.7. The van der Waals surface area contributed by atoms with Crippen molar-refractivity contribution in [2.45, 2.75) is 26.1 Å². The van der Waals surface area contributed by atoms with Crippen LogP contribution in [0.15, 0.2) is 30.5 Å². The van der Waals surface area contributed by atoms with Gasteiger partial charge in [-0.15, -0.1) is 0 Å². The van der Waals surface area contributed by atoms with Gasteiger partial charge in [-0.3, -0.25) is 9.59 Å². The van der Waals surface area contributed by atoms with Crippen LogP contribution in [0.4, 0.5) is 13.2 Å². The number of aliphatic carboxylic acids is 1. The summed E-state index contributed by atoms with van der Waals surface area (Å²) in [5.74, 6) is -2.52. The lowest BCUT2D eigenvalue weighted by molar-refractivity contribution is -0.143. The standard InChI is InChI=1S/C15H14F3N3O3/c1-8-3-5-10(6-4-8)21-12(15(16,17)18)11(7-19-21)13(22)20-9(2)14(23)24/h3-7,9H,1-2H3,(H,20,22)(H,23,24)/t9-/m1/s1. The average molecular weight is 341 g/mol. The summed E-state index contributed by atoms with van der Waals surface area (Å²) in [7, 11) is 0. The van der Waals surface area contributed by atoms with Crippen molar-refractivity contribution in [1.29, 1.82) is 0 Å². The molecular formula is C15H14F3N3O3. The van der Waals surface area contributed by atoms with Gasteiger partial charge >= 0.3 is 12.1 Å². The molecule has 1 heterocycles. The van der Waals surface area contributed by atoms with Gasteiger partial charge in [0.05, 0.1) is 17.4 Å². The van der Waals surface area contributed by atoms with Crippen LogP contribution in [0.5, 0.6) is 0 Å². The molecule has 1 atom stereocenters. The molecule has 2 N–H and O–H groups in total. The molecule has 128 valence electrons. The number of nitrogens with one attached hydrogen (secondary N) is 1. The summed E-state index contributed by atoms with van der Waals surface area (Å²) >= 11 is 0. The number of carboxylic acids is 1. The Morgan fingerprint density at radius 1 is 1.25 bits per heavy atom. The smallest absolute Gasteiger partial charge is 0.434 e. The van der Waals surface area contributed by atoms with Crippen molar-refractivity contribution in [3.63, 3.8) is 0 Å². The van der Waals surface area contributed by atoms with E-state index in [4.69, 9.17) is 5.11 Å². The average Bonchev–Trinajstić information content (AvgIpc) is 2.93. The van der Waals surface area contributed by atoms with E-state index in [-0.39, 0.29) is 5.69 Å². The highest BCUT2D eigenvalue weighted by molar-refractivity contribution is 5.97. The lowest BCUT2D eigenvalue weighted by atomic mass is 10.2. The maximum atomic E-state index is 13.4. The van der Waals surface area contributed by atoms with Crippen LogP contribution in [-0.2, 0) is 11.0 Å². The lowest BCUT2D eigenvalue weighted by Gasteiger charge is -2.14. The largest absolute Gasteiger partial charge is 0.480 e. The minimum absolute atomic E-state index is 0.137. The van der Waals surface area contributed by atoms with Crippen LogP contribution in [0.3, 0.4) is 0 Å². The van der Waals surface area contributed by atoms with E-state index in [1.54, 1.807) is 19.1 Å². The van der Waals surface area contributed by atoms with E-state index in [9.17, 15) is 22.8 Å². The van der Waals surface area contributed by atoms with Crippen molar-refractivity contribution in [1.82, 2.24) is 15.1 Å². The SMILES string of the molecule is Cc1ccc(-n2ncc(C(=O)N[C@H](C)C(=O)O)c2C(F)(F)F)cc1. The second kappa shape index (κ2) is 6.34. The summed E-state index contributed by atoms with van der Waals surface area (Å²) in [4.78, 5) is 22.7. The predicted molar refractivity (Wildman–Crippen MR) is 77.9 cm³/mol. The predicted octanol–water partition coefficient (Wildman–Crippen LogP) is 2.40. The van der Waals surface area contributed by atoms with E-state index >= 15 is 0 Å². The summed E-state index contributed by atoms with van der Waals surface area (Å²) in [6.45, 7) is 2.93. The molecule has 0 unspecified atom stereocenters. The zero-order valence-corrected chi connectivity index (χ0v) is 12.8. The number of alkyl halides is 3. The Morgan fingerprint density at radius 2 is 1.83 bits per heavy atom. The minimum Gasteiger partial charge on any atom is -0.480 e. The highest BCUT2D eigenvalue weighted by atomic mass is 19.4. The van der Waals surface area contributed by atoms with Crippen molar-refractivity contribution >= 4 is 11.9 Å². The van der Waals surface area contributed by atoms with Crippen LogP contribution in [0.1, 0.15) is 28.5 Å². The molecule has 1 aromatic heterocycles. The highest BCUT2D eigenvalue weighted by Crippen LogP contribution is 2.33. The number of amides is 1. The molecule has 0 bridgehead atoms. The second-order valence-corrected chi connectivity index (χ2v) is 5.19. The molecule has 24 heavy (non-hydrogen) atoms. The van der Waals surface area contributed by atoms with E-state index in [2.05, 4.69) is 5.10 Å². The Kier molecular flexibility index (Phi) is 4.63. The first-order valence-corrected chi connectivity index (χ1v) is 6.87. The van der Waals surface area contributed by atoms with Crippen LogP contribution < -0.4 is 5.32 Å². The molecule has 0 saturated heterocycles. The van der Waals surface area contributed by atoms with Crippen LogP contribution in [0.25, 0.3) is 5.69 Å². The molecule has 0 aliphatic heterocycles. The van der Waals surface area contributed by atoms with Crippen molar-refractivity contribution in [2.75, 3.05) is 0 Å². The second-order valence-electron chi connectivity index (χ2n) is 5.19. The minimum atomic E-state index is -4.85. The van der Waals surface area contributed by atoms with Gasteiger partial charge in [-0.1, -0.05) is 17.7 Å². The summed E-state index contributed by atoms with van der Waals surface area (Å²) < 4.78 is 40.8. The molecule has 0 aliphatic rings. The molecule has 1 aromatic carbocycles. The lowest BCUT2D eigenvalue weighted by Crippen LogP contribution is -2.39. The number of carbonyl (C=O) groups excluding carboxylic acids is 1. The van der Waals surface area contributed by atoms with Gasteiger partial charge in [0, 0.05) is 0 Å². The number of nitrogens with zero attached hydrogens (tertiary/aromatic N) is 2. The molecule has 0 fully saturated rings. The highest BCUT2D eigenvalue weighted by Gasteiger charge is 2.40. The topological polar surface area (TPSA) is 84.2 Å². The molecule has 2 rings (SSSR count). The zero-order valence-electron chi connectivity index (χ0n) is 12.8. The van der Waals surface area contributed by atoms with Gasteiger partial charge in [-0.05, 0) is 26.0 Å². The third-order valence-corrected chi connectivity index (χ3v) is 3.28. The third kappa shape index (κ3) is 3.55. The first kappa shape index (κ1) is 17.5. The Bertz CT molecular complexity index is 767. The fourth-order valence-corrected chi connectivity index (χ4v) is 2.01. The van der Waals surface area contributed by atoms with Gasteiger partial charge in [0.1, 0.15) is 6.04 Å². The zero-order chi connectivity index (χ0) is 18.1. The molecular weight excluding hydrogens is 327 g/mol. The number of rotatable bonds is 4. The molecule has 2 aromatic rings. The maximum Gasteiger partial charge on any atom is 0.434 e. The first-order valence-electron chi connectivity index (χ1n) is 6.87. The molecule has 0 spiro atoms. The summed E-state index contributed by atoms with van der Waals surface area (Å²) in [6.07, 6.45) is -4.08. The van der Waals surface area contributed by atoms with Crippen LogP contribution in [0.2, 0.25) is 0 Å². The Labute approximate surface area is 134 Å². The Morgan fingerprint density at radius 3 is 2.33 bits per heavy atom. The number of aromatic nitrogens is 2. The van der Waals surface area contributed by atoms with Crippen LogP contribution >= 0.6 is 0 Å². The van der Waals surface area contributed by atoms with Crippen molar-refractivity contribution in [2.24, 2.45) is 0 Å². The number of hydrogen-bond acceptors (Lipinski definition) is 3. The van der Waals surface area contributed by atoms with Crippen LogP contribution in [0, 0.1) is 6.92 Å². The number of benzene rings is 1.